The van der Waals surface area contributed by atoms with E-state index in [1.54, 1.807) is 4.90 Å². The van der Waals surface area contributed by atoms with Crippen LogP contribution in [0.4, 0.5) is 0 Å². The lowest BCUT2D eigenvalue weighted by molar-refractivity contribution is -0.129. The van der Waals surface area contributed by atoms with Gasteiger partial charge in [0.15, 0.2) is 0 Å². The summed E-state index contributed by atoms with van der Waals surface area (Å²) in [4.78, 5) is 18.8. The fourth-order valence-electron chi connectivity index (χ4n) is 4.85. The second kappa shape index (κ2) is 8.33. The molecule has 5 rings (SSSR count). The Morgan fingerprint density at radius 2 is 2.12 bits per heavy atom. The number of nitrogens with zero attached hydrogens (tertiary/aromatic N) is 3. The lowest BCUT2D eigenvalue weighted by Gasteiger charge is -2.24. The number of halogens is 1. The van der Waals surface area contributed by atoms with E-state index in [0.717, 1.165) is 38.9 Å². The molecule has 0 spiro atoms. The summed E-state index contributed by atoms with van der Waals surface area (Å²) < 4.78 is 12.2. The fraction of sp³-hybridized carbons (Fsp3) is 0.375. The quantitative estimate of drug-likeness (QED) is 0.543. The third-order valence-electron chi connectivity index (χ3n) is 6.09. The average molecular weight is 498 g/mol. The molecule has 7 nitrogen and oxygen atoms in total. The second-order valence-electron chi connectivity index (χ2n) is 8.53. The highest BCUT2D eigenvalue weighted by atomic mass is 79.9. The van der Waals surface area contributed by atoms with Crippen LogP contribution in [-0.2, 0) is 11.2 Å². The maximum atomic E-state index is 12.4. The summed E-state index contributed by atoms with van der Waals surface area (Å²) in [5, 5.41) is 13.6. The first-order valence-corrected chi connectivity index (χ1v) is 11.6. The van der Waals surface area contributed by atoms with Crippen molar-refractivity contribution in [2.45, 2.75) is 38.8 Å². The number of ether oxygens (including phenoxy) is 1. The lowest BCUT2D eigenvalue weighted by atomic mass is 10.0. The minimum absolute atomic E-state index is 0.0143. The zero-order valence-electron chi connectivity index (χ0n) is 17.9. The van der Waals surface area contributed by atoms with Gasteiger partial charge in [-0.15, -0.1) is 0 Å². The zero-order valence-corrected chi connectivity index (χ0v) is 19.5. The SMILES string of the molecule is CC(C)Oc1ccc(-c2nc(-c3cccc4c3C[C@H]3CC(=O)N(CCO)[C@@H]43)no2)cc1Br. The molecule has 1 aliphatic heterocycles. The fourth-order valence-corrected chi connectivity index (χ4v) is 5.33. The predicted octanol–water partition coefficient (Wildman–Crippen LogP) is 4.39. The van der Waals surface area contributed by atoms with Crippen molar-refractivity contribution < 1.29 is 19.2 Å². The molecule has 2 aromatic carbocycles. The highest BCUT2D eigenvalue weighted by Crippen LogP contribution is 2.49. The molecule has 1 aromatic heterocycles. The highest BCUT2D eigenvalue weighted by molar-refractivity contribution is 9.10. The Morgan fingerprint density at radius 1 is 1.28 bits per heavy atom. The van der Waals surface area contributed by atoms with Gasteiger partial charge in [-0.3, -0.25) is 4.79 Å². The van der Waals surface area contributed by atoms with E-state index in [1.807, 2.05) is 44.2 Å². The highest BCUT2D eigenvalue weighted by Gasteiger charge is 2.46. The van der Waals surface area contributed by atoms with E-state index >= 15 is 0 Å². The van der Waals surface area contributed by atoms with Crippen LogP contribution in [0, 0.1) is 5.92 Å². The molecule has 0 radical (unpaired) electrons. The molecule has 1 saturated heterocycles. The van der Waals surface area contributed by atoms with Gasteiger partial charge in [0.1, 0.15) is 5.75 Å². The number of β-amino-alcohol motifs (C(OH)–C–C–N with tert-alkyl or cyclic N) is 1. The smallest absolute Gasteiger partial charge is 0.258 e. The van der Waals surface area contributed by atoms with Crippen LogP contribution in [-0.4, -0.2) is 45.3 Å². The Bertz CT molecular complexity index is 1180. The summed E-state index contributed by atoms with van der Waals surface area (Å²) in [5.41, 5.74) is 4.02. The standard InChI is InChI=1S/C24H24BrN3O4/c1-13(2)31-20-7-6-14(11-19(20)25)24-26-23(27-32-24)17-5-3-4-16-18(17)10-15-12-21(30)28(8-9-29)22(15)16/h3-7,11,13,15,22,29H,8-10,12H2,1-2H3/t15-,22+/m0/s1. The van der Waals surface area contributed by atoms with Crippen molar-refractivity contribution in [3.8, 4) is 28.6 Å². The van der Waals surface area contributed by atoms with Crippen LogP contribution in [0.3, 0.4) is 0 Å². The molecule has 0 saturated carbocycles. The number of benzene rings is 2. The van der Waals surface area contributed by atoms with Crippen molar-refractivity contribution in [3.05, 3.63) is 52.0 Å². The number of aliphatic hydroxyl groups excluding tert-OH is 1. The minimum Gasteiger partial charge on any atom is -0.490 e. The Hall–Kier alpha value is -2.71. The molecule has 1 amide bonds. The molecule has 166 valence electrons. The van der Waals surface area contributed by atoms with Crippen LogP contribution in [0.5, 0.6) is 5.75 Å². The molecular weight excluding hydrogens is 474 g/mol. The van der Waals surface area contributed by atoms with Gasteiger partial charge in [-0.1, -0.05) is 23.4 Å². The summed E-state index contributed by atoms with van der Waals surface area (Å²) in [5.74, 6) is 2.07. The molecule has 3 aromatic rings. The van der Waals surface area contributed by atoms with E-state index in [9.17, 15) is 9.90 Å². The zero-order chi connectivity index (χ0) is 22.4. The maximum absolute atomic E-state index is 12.4. The normalized spacial score (nSPS) is 19.5. The van der Waals surface area contributed by atoms with Gasteiger partial charge in [0.05, 0.1) is 23.2 Å². The molecule has 2 heterocycles. The lowest BCUT2D eigenvalue weighted by Crippen LogP contribution is -2.30. The van der Waals surface area contributed by atoms with Gasteiger partial charge >= 0.3 is 0 Å². The molecular formula is C24H24BrN3O4. The molecule has 2 atom stereocenters. The van der Waals surface area contributed by atoms with Gasteiger partial charge in [0.25, 0.3) is 5.89 Å². The van der Waals surface area contributed by atoms with Crippen molar-refractivity contribution >= 4 is 21.8 Å². The van der Waals surface area contributed by atoms with Crippen molar-refractivity contribution in [3.63, 3.8) is 0 Å². The molecule has 1 N–H and O–H groups in total. The summed E-state index contributed by atoms with van der Waals surface area (Å²) in [6.07, 6.45) is 1.38. The first-order chi connectivity index (χ1) is 15.5. The molecule has 1 aliphatic carbocycles. The maximum Gasteiger partial charge on any atom is 0.258 e. The second-order valence-corrected chi connectivity index (χ2v) is 9.39. The molecule has 1 fully saturated rings. The van der Waals surface area contributed by atoms with Crippen LogP contribution in [0.1, 0.15) is 37.4 Å². The van der Waals surface area contributed by atoms with E-state index in [4.69, 9.17) is 9.26 Å². The van der Waals surface area contributed by atoms with Crippen LogP contribution in [0.25, 0.3) is 22.8 Å². The van der Waals surface area contributed by atoms with E-state index in [-0.39, 0.29) is 30.6 Å². The van der Waals surface area contributed by atoms with Gasteiger partial charge < -0.3 is 19.3 Å². The third-order valence-corrected chi connectivity index (χ3v) is 6.71. The Morgan fingerprint density at radius 3 is 2.88 bits per heavy atom. The number of aliphatic hydroxyl groups is 1. The van der Waals surface area contributed by atoms with E-state index < -0.39 is 0 Å². The number of aromatic nitrogens is 2. The number of amides is 1. The van der Waals surface area contributed by atoms with E-state index in [1.165, 1.54) is 0 Å². The number of likely N-dealkylation sites (tertiary alicyclic amines) is 1. The van der Waals surface area contributed by atoms with Gasteiger partial charge in [-0.2, -0.15) is 4.98 Å². The van der Waals surface area contributed by atoms with Gasteiger partial charge in [0.2, 0.25) is 11.7 Å². The monoisotopic (exact) mass is 497 g/mol. The summed E-state index contributed by atoms with van der Waals surface area (Å²) in [6.45, 7) is 4.29. The van der Waals surface area contributed by atoms with Crippen molar-refractivity contribution in [1.29, 1.82) is 0 Å². The number of hydrogen-bond acceptors (Lipinski definition) is 6. The minimum atomic E-state index is -0.0330. The first kappa shape index (κ1) is 21.2. The average Bonchev–Trinajstić information content (AvgIpc) is 3.44. The largest absolute Gasteiger partial charge is 0.490 e. The van der Waals surface area contributed by atoms with E-state index in [0.29, 0.717) is 24.7 Å². The van der Waals surface area contributed by atoms with Crippen LogP contribution in [0.15, 0.2) is 45.4 Å². The number of rotatable bonds is 6. The van der Waals surface area contributed by atoms with Crippen molar-refractivity contribution in [2.24, 2.45) is 5.92 Å². The Balaban J connectivity index is 1.46. The van der Waals surface area contributed by atoms with Crippen molar-refractivity contribution in [1.82, 2.24) is 15.0 Å². The summed E-state index contributed by atoms with van der Waals surface area (Å²) in [7, 11) is 0. The van der Waals surface area contributed by atoms with Crippen molar-refractivity contribution in [2.75, 3.05) is 13.2 Å². The number of fused-ring (bicyclic) bond motifs is 3. The summed E-state index contributed by atoms with van der Waals surface area (Å²) in [6, 6.07) is 11.8. The molecule has 8 heteroatoms. The third kappa shape index (κ3) is 3.61. The molecule has 0 bridgehead atoms. The number of carbonyl (C=O) groups is 1. The van der Waals surface area contributed by atoms with Gasteiger partial charge in [-0.25, -0.2) is 0 Å². The van der Waals surface area contributed by atoms with Gasteiger partial charge in [-0.05, 0) is 71.4 Å². The number of carbonyl (C=O) groups excluding carboxylic acids is 1. The molecule has 0 unspecified atom stereocenters. The predicted molar refractivity (Wildman–Crippen MR) is 122 cm³/mol. The topological polar surface area (TPSA) is 88.7 Å². The summed E-state index contributed by atoms with van der Waals surface area (Å²) >= 11 is 3.55. The molecule has 2 aliphatic rings. The van der Waals surface area contributed by atoms with Gasteiger partial charge in [0, 0.05) is 24.1 Å². The van der Waals surface area contributed by atoms with Crippen LogP contribution < -0.4 is 4.74 Å². The van der Waals surface area contributed by atoms with E-state index in [2.05, 4.69) is 32.1 Å². The molecule has 32 heavy (non-hydrogen) atoms. The van der Waals surface area contributed by atoms with Crippen LogP contribution in [0.2, 0.25) is 0 Å². The Kier molecular flexibility index (Phi) is 5.51. The van der Waals surface area contributed by atoms with Crippen LogP contribution >= 0.6 is 15.9 Å². The number of hydrogen-bond donors (Lipinski definition) is 1. The Labute approximate surface area is 194 Å². The first-order valence-electron chi connectivity index (χ1n) is 10.8.